The van der Waals surface area contributed by atoms with Crippen molar-refractivity contribution in [1.29, 1.82) is 0 Å². The first kappa shape index (κ1) is 13.9. The Morgan fingerprint density at radius 1 is 1.05 bits per heavy atom. The number of carboxylic acids is 1. The van der Waals surface area contributed by atoms with Crippen LogP contribution in [0.2, 0.25) is 0 Å². The van der Waals surface area contributed by atoms with E-state index in [1.54, 1.807) is 12.1 Å². The first-order chi connectivity index (χ1) is 9.38. The molecule has 0 amide bonds. The quantitative estimate of drug-likeness (QED) is 0.839. The lowest BCUT2D eigenvalue weighted by atomic mass is 10.1. The summed E-state index contributed by atoms with van der Waals surface area (Å²) in [4.78, 5) is 13.0. The summed E-state index contributed by atoms with van der Waals surface area (Å²) < 4.78 is 0. The summed E-state index contributed by atoms with van der Waals surface area (Å²) in [6, 6.07) is 11.2. The van der Waals surface area contributed by atoms with E-state index in [1.807, 2.05) is 25.8 Å². The monoisotopic (exact) mass is 270 g/mol. The Morgan fingerprint density at radius 3 is 2.15 bits per heavy atom. The van der Waals surface area contributed by atoms with E-state index in [-0.39, 0.29) is 11.3 Å². The summed E-state index contributed by atoms with van der Waals surface area (Å²) in [5, 5.41) is 8.99. The van der Waals surface area contributed by atoms with Gasteiger partial charge in [0.1, 0.15) is 0 Å². The molecular weight excluding hydrogens is 252 g/mol. The summed E-state index contributed by atoms with van der Waals surface area (Å²) in [5.74, 6) is -1.01. The van der Waals surface area contributed by atoms with Gasteiger partial charge in [0, 0.05) is 24.1 Å². The van der Waals surface area contributed by atoms with Crippen molar-refractivity contribution < 1.29 is 9.90 Å². The highest BCUT2D eigenvalue weighted by molar-refractivity contribution is 5.94. The predicted molar refractivity (Wildman–Crippen MR) is 81.8 cm³/mol. The van der Waals surface area contributed by atoms with Crippen LogP contribution in [-0.4, -0.2) is 18.1 Å². The van der Waals surface area contributed by atoms with Gasteiger partial charge in [-0.1, -0.05) is 6.07 Å². The molecule has 0 aliphatic rings. The molecule has 2 rings (SSSR count). The van der Waals surface area contributed by atoms with Crippen molar-refractivity contribution in [1.82, 2.24) is 0 Å². The third kappa shape index (κ3) is 2.74. The number of rotatable bonds is 3. The Labute approximate surface area is 118 Å². The van der Waals surface area contributed by atoms with Crippen LogP contribution in [0, 0.1) is 13.8 Å². The van der Waals surface area contributed by atoms with Crippen molar-refractivity contribution in [2.75, 3.05) is 17.7 Å². The van der Waals surface area contributed by atoms with Gasteiger partial charge >= 0.3 is 5.97 Å². The summed E-state index contributed by atoms with van der Waals surface area (Å²) in [6.45, 7) is 4.10. The molecule has 0 bridgehead atoms. The minimum Gasteiger partial charge on any atom is -0.478 e. The van der Waals surface area contributed by atoms with Crippen LogP contribution in [0.4, 0.5) is 17.1 Å². The molecule has 0 heterocycles. The topological polar surface area (TPSA) is 66.6 Å². The lowest BCUT2D eigenvalue weighted by Crippen LogP contribution is -2.11. The van der Waals surface area contributed by atoms with E-state index in [2.05, 4.69) is 18.2 Å². The van der Waals surface area contributed by atoms with Gasteiger partial charge in [0.05, 0.1) is 5.56 Å². The molecule has 0 fully saturated rings. The van der Waals surface area contributed by atoms with Crippen molar-refractivity contribution in [3.05, 3.63) is 53.1 Å². The van der Waals surface area contributed by atoms with Crippen molar-refractivity contribution in [2.24, 2.45) is 0 Å². The highest BCUT2D eigenvalue weighted by atomic mass is 16.4. The van der Waals surface area contributed by atoms with Crippen LogP contribution in [0.25, 0.3) is 0 Å². The maximum atomic E-state index is 11.0. The van der Waals surface area contributed by atoms with Crippen molar-refractivity contribution in [3.8, 4) is 0 Å². The van der Waals surface area contributed by atoms with Crippen LogP contribution in [0.1, 0.15) is 21.5 Å². The Balaban J connectivity index is 2.40. The number of hydrogen-bond donors (Lipinski definition) is 2. The third-order valence-corrected chi connectivity index (χ3v) is 3.25. The van der Waals surface area contributed by atoms with E-state index in [1.165, 1.54) is 17.2 Å². The zero-order valence-corrected chi connectivity index (χ0v) is 11.8. The zero-order valence-electron chi connectivity index (χ0n) is 11.8. The van der Waals surface area contributed by atoms with Gasteiger partial charge in [0.2, 0.25) is 0 Å². The number of nitrogen functional groups attached to an aromatic ring is 1. The molecule has 4 nitrogen and oxygen atoms in total. The number of nitrogens with two attached hydrogens (primary N) is 1. The second kappa shape index (κ2) is 5.25. The number of aryl methyl sites for hydroxylation is 2. The van der Waals surface area contributed by atoms with Gasteiger partial charge < -0.3 is 15.7 Å². The van der Waals surface area contributed by atoms with Crippen LogP contribution >= 0.6 is 0 Å². The molecule has 0 atom stereocenters. The first-order valence-corrected chi connectivity index (χ1v) is 6.33. The molecule has 0 aromatic heterocycles. The zero-order chi connectivity index (χ0) is 14.9. The Morgan fingerprint density at radius 2 is 1.65 bits per heavy atom. The van der Waals surface area contributed by atoms with Crippen molar-refractivity contribution in [3.63, 3.8) is 0 Å². The second-order valence-electron chi connectivity index (χ2n) is 4.98. The van der Waals surface area contributed by atoms with Gasteiger partial charge in [0.15, 0.2) is 0 Å². The normalized spacial score (nSPS) is 10.3. The highest BCUT2D eigenvalue weighted by Gasteiger charge is 2.11. The van der Waals surface area contributed by atoms with Gasteiger partial charge in [-0.25, -0.2) is 4.79 Å². The molecule has 4 heteroatoms. The van der Waals surface area contributed by atoms with Crippen LogP contribution < -0.4 is 10.6 Å². The number of aromatic carboxylic acids is 1. The van der Waals surface area contributed by atoms with E-state index >= 15 is 0 Å². The van der Waals surface area contributed by atoms with Gasteiger partial charge in [-0.2, -0.15) is 0 Å². The molecule has 0 saturated heterocycles. The minimum atomic E-state index is -1.01. The van der Waals surface area contributed by atoms with Gasteiger partial charge in [0.25, 0.3) is 0 Å². The average molecular weight is 270 g/mol. The predicted octanol–water partition coefficient (Wildman–Crippen LogP) is 3.35. The van der Waals surface area contributed by atoms with E-state index < -0.39 is 5.97 Å². The first-order valence-electron chi connectivity index (χ1n) is 6.33. The summed E-state index contributed by atoms with van der Waals surface area (Å²) in [7, 11) is 1.93. The molecule has 104 valence electrons. The number of carbonyl (C=O) groups is 1. The van der Waals surface area contributed by atoms with Gasteiger partial charge in [-0.3, -0.25) is 0 Å². The van der Waals surface area contributed by atoms with Crippen LogP contribution in [0.5, 0.6) is 0 Å². The van der Waals surface area contributed by atoms with E-state index in [0.29, 0.717) is 0 Å². The largest absolute Gasteiger partial charge is 0.478 e. The SMILES string of the molecule is Cc1cc(C)cc(N(C)c2ccc(C(=O)O)c(N)c2)c1. The Bertz CT molecular complexity index is 645. The molecule has 0 unspecified atom stereocenters. The third-order valence-electron chi connectivity index (χ3n) is 3.25. The lowest BCUT2D eigenvalue weighted by molar-refractivity contribution is 0.0698. The molecule has 2 aromatic rings. The molecular formula is C16H18N2O2. The van der Waals surface area contributed by atoms with Crippen molar-refractivity contribution in [2.45, 2.75) is 13.8 Å². The fourth-order valence-corrected chi connectivity index (χ4v) is 2.25. The van der Waals surface area contributed by atoms with Gasteiger partial charge in [-0.05, 0) is 55.3 Å². The maximum Gasteiger partial charge on any atom is 0.337 e. The summed E-state index contributed by atoms with van der Waals surface area (Å²) >= 11 is 0. The number of hydrogen-bond acceptors (Lipinski definition) is 3. The van der Waals surface area contributed by atoms with Crippen LogP contribution in [0.15, 0.2) is 36.4 Å². The molecule has 0 saturated carbocycles. The fourth-order valence-electron chi connectivity index (χ4n) is 2.25. The number of carboxylic acid groups (broad SMARTS) is 1. The molecule has 2 aromatic carbocycles. The molecule has 0 radical (unpaired) electrons. The maximum absolute atomic E-state index is 11.0. The standard InChI is InChI=1S/C16H18N2O2/c1-10-6-11(2)8-13(7-10)18(3)12-4-5-14(16(19)20)15(17)9-12/h4-9H,17H2,1-3H3,(H,19,20). The van der Waals surface area contributed by atoms with E-state index in [0.717, 1.165) is 11.4 Å². The molecule has 0 spiro atoms. The Kier molecular flexibility index (Phi) is 3.66. The molecule has 3 N–H and O–H groups in total. The van der Waals surface area contributed by atoms with Crippen LogP contribution in [0.3, 0.4) is 0 Å². The molecule has 0 aliphatic heterocycles. The van der Waals surface area contributed by atoms with Gasteiger partial charge in [-0.15, -0.1) is 0 Å². The number of nitrogens with zero attached hydrogens (tertiary/aromatic N) is 1. The second-order valence-corrected chi connectivity index (χ2v) is 4.98. The lowest BCUT2D eigenvalue weighted by Gasteiger charge is -2.21. The summed E-state index contributed by atoms with van der Waals surface area (Å²) in [6.07, 6.45) is 0. The molecule has 0 aliphatic carbocycles. The highest BCUT2D eigenvalue weighted by Crippen LogP contribution is 2.28. The Hall–Kier alpha value is -2.49. The number of benzene rings is 2. The number of anilines is 3. The van der Waals surface area contributed by atoms with Crippen molar-refractivity contribution >= 4 is 23.0 Å². The fraction of sp³-hybridized carbons (Fsp3) is 0.188. The minimum absolute atomic E-state index is 0.127. The van der Waals surface area contributed by atoms with E-state index in [9.17, 15) is 4.79 Å². The molecule has 20 heavy (non-hydrogen) atoms. The van der Waals surface area contributed by atoms with E-state index in [4.69, 9.17) is 10.8 Å². The van der Waals surface area contributed by atoms with Crippen LogP contribution in [-0.2, 0) is 0 Å². The smallest absolute Gasteiger partial charge is 0.337 e. The summed E-state index contributed by atoms with van der Waals surface area (Å²) in [5.41, 5.74) is 10.5. The average Bonchev–Trinajstić information content (AvgIpc) is 2.36.